The third-order valence-corrected chi connectivity index (χ3v) is 4.66. The smallest absolute Gasteiger partial charge is 0.276 e. The summed E-state index contributed by atoms with van der Waals surface area (Å²) in [6.07, 6.45) is 4.65. The van der Waals surface area contributed by atoms with Crippen molar-refractivity contribution in [2.45, 2.75) is 26.2 Å². The van der Waals surface area contributed by atoms with E-state index in [1.807, 2.05) is 6.07 Å². The summed E-state index contributed by atoms with van der Waals surface area (Å²) in [6.45, 7) is 2.13. The molecule has 0 aliphatic carbocycles. The van der Waals surface area contributed by atoms with Crippen LogP contribution in [-0.4, -0.2) is 21.1 Å². The number of rotatable bonds is 6. The molecule has 6 nitrogen and oxygen atoms in total. The molecular formula is C14H14N4O2S2. The molecule has 0 saturated heterocycles. The Hall–Kier alpha value is -2.06. The van der Waals surface area contributed by atoms with E-state index >= 15 is 0 Å². The molecule has 0 atom stereocenters. The summed E-state index contributed by atoms with van der Waals surface area (Å²) in [5, 5.41) is 14.6. The Labute approximate surface area is 135 Å². The number of aryl methyl sites for hydroxylation is 1. The molecule has 0 fully saturated rings. The number of aromatic nitrogens is 3. The zero-order valence-electron chi connectivity index (χ0n) is 11.9. The highest BCUT2D eigenvalue weighted by Gasteiger charge is 2.15. The topological polar surface area (TPSA) is 80.9 Å². The fourth-order valence-electron chi connectivity index (χ4n) is 1.79. The molecule has 0 aliphatic rings. The van der Waals surface area contributed by atoms with Crippen LogP contribution in [0.2, 0.25) is 0 Å². The summed E-state index contributed by atoms with van der Waals surface area (Å²) in [5.74, 6) is 0.370. The number of hydrogen-bond donors (Lipinski definition) is 1. The van der Waals surface area contributed by atoms with Crippen LogP contribution in [0.25, 0.3) is 10.8 Å². The maximum atomic E-state index is 12.2. The Morgan fingerprint density at radius 1 is 1.41 bits per heavy atom. The van der Waals surface area contributed by atoms with Crippen LogP contribution < -0.4 is 5.32 Å². The van der Waals surface area contributed by atoms with Gasteiger partial charge in [-0.2, -0.15) is 0 Å². The van der Waals surface area contributed by atoms with E-state index in [0.717, 1.165) is 24.3 Å². The van der Waals surface area contributed by atoms with Gasteiger partial charge in [0, 0.05) is 11.8 Å². The lowest BCUT2D eigenvalue weighted by Gasteiger charge is -1.96. The number of carbonyl (C=O) groups excluding carboxylic acids is 1. The Kier molecular flexibility index (Phi) is 4.59. The molecule has 0 saturated carbocycles. The standard InChI is InChI=1S/C14H14N4O2S2/c1-2-3-6-11-17-18-14(22-11)16-12(19)9-8-21-13(15-9)10-5-4-7-20-10/h4-5,7-8H,2-3,6H2,1H3,(H,16,18,19). The van der Waals surface area contributed by atoms with Crippen molar-refractivity contribution in [3.8, 4) is 10.8 Å². The fraction of sp³-hybridized carbons (Fsp3) is 0.286. The van der Waals surface area contributed by atoms with Crippen LogP contribution in [-0.2, 0) is 6.42 Å². The lowest BCUT2D eigenvalue weighted by molar-refractivity contribution is 0.102. The molecule has 8 heteroatoms. The molecule has 1 amide bonds. The zero-order chi connectivity index (χ0) is 15.4. The summed E-state index contributed by atoms with van der Waals surface area (Å²) in [7, 11) is 0. The van der Waals surface area contributed by atoms with Crippen LogP contribution in [0.3, 0.4) is 0 Å². The monoisotopic (exact) mass is 334 g/mol. The summed E-state index contributed by atoms with van der Waals surface area (Å²) >= 11 is 2.77. The third kappa shape index (κ3) is 3.40. The van der Waals surface area contributed by atoms with Crippen molar-refractivity contribution < 1.29 is 9.21 Å². The van der Waals surface area contributed by atoms with E-state index in [1.165, 1.54) is 22.7 Å². The maximum Gasteiger partial charge on any atom is 0.276 e. The first-order chi connectivity index (χ1) is 10.8. The molecule has 1 N–H and O–H groups in total. The number of amides is 1. The summed E-state index contributed by atoms with van der Waals surface area (Å²) < 4.78 is 5.27. The Morgan fingerprint density at radius 3 is 3.09 bits per heavy atom. The second-order valence-electron chi connectivity index (χ2n) is 4.57. The number of carbonyl (C=O) groups is 1. The van der Waals surface area contributed by atoms with Gasteiger partial charge < -0.3 is 4.42 Å². The number of hydrogen-bond acceptors (Lipinski definition) is 7. The van der Waals surface area contributed by atoms with Crippen molar-refractivity contribution in [3.05, 3.63) is 34.5 Å². The van der Waals surface area contributed by atoms with Gasteiger partial charge in [-0.3, -0.25) is 10.1 Å². The van der Waals surface area contributed by atoms with Gasteiger partial charge in [0.05, 0.1) is 6.26 Å². The number of unbranched alkanes of at least 4 members (excludes halogenated alkanes) is 1. The number of furan rings is 1. The molecule has 114 valence electrons. The van der Waals surface area contributed by atoms with E-state index in [-0.39, 0.29) is 5.91 Å². The van der Waals surface area contributed by atoms with E-state index in [2.05, 4.69) is 27.4 Å². The second-order valence-corrected chi connectivity index (χ2v) is 6.49. The lowest BCUT2D eigenvalue weighted by Crippen LogP contribution is -2.12. The minimum Gasteiger partial charge on any atom is -0.462 e. The first-order valence-electron chi connectivity index (χ1n) is 6.89. The van der Waals surface area contributed by atoms with Crippen molar-refractivity contribution in [1.82, 2.24) is 15.2 Å². The molecule has 3 aromatic rings. The Balaban J connectivity index is 1.65. The molecule has 0 bridgehead atoms. The SMILES string of the molecule is CCCCc1nnc(NC(=O)c2csc(-c3ccco3)n2)s1. The van der Waals surface area contributed by atoms with Gasteiger partial charge in [0.15, 0.2) is 10.8 Å². The molecule has 0 spiro atoms. The lowest BCUT2D eigenvalue weighted by atomic mass is 10.3. The van der Waals surface area contributed by atoms with Crippen LogP contribution in [0.15, 0.2) is 28.2 Å². The van der Waals surface area contributed by atoms with Crippen molar-refractivity contribution >= 4 is 33.7 Å². The van der Waals surface area contributed by atoms with Gasteiger partial charge in [-0.1, -0.05) is 24.7 Å². The van der Waals surface area contributed by atoms with E-state index in [0.29, 0.717) is 21.6 Å². The number of nitrogens with zero attached hydrogens (tertiary/aromatic N) is 3. The van der Waals surface area contributed by atoms with Gasteiger partial charge in [0.25, 0.3) is 5.91 Å². The quantitative estimate of drug-likeness (QED) is 0.740. The van der Waals surface area contributed by atoms with Crippen LogP contribution in [0.4, 0.5) is 5.13 Å². The van der Waals surface area contributed by atoms with Crippen molar-refractivity contribution in [1.29, 1.82) is 0 Å². The minimum atomic E-state index is -0.285. The summed E-state index contributed by atoms with van der Waals surface area (Å²) in [5.41, 5.74) is 0.349. The highest BCUT2D eigenvalue weighted by molar-refractivity contribution is 7.15. The molecule has 0 aromatic carbocycles. The molecular weight excluding hydrogens is 320 g/mol. The zero-order valence-corrected chi connectivity index (χ0v) is 13.5. The predicted octanol–water partition coefficient (Wildman–Crippen LogP) is 3.85. The van der Waals surface area contributed by atoms with E-state index in [9.17, 15) is 4.79 Å². The van der Waals surface area contributed by atoms with E-state index in [4.69, 9.17) is 4.42 Å². The number of anilines is 1. The van der Waals surface area contributed by atoms with Crippen LogP contribution >= 0.6 is 22.7 Å². The van der Waals surface area contributed by atoms with Crippen LogP contribution in [0.1, 0.15) is 35.3 Å². The Bertz CT molecular complexity index is 749. The van der Waals surface area contributed by atoms with Crippen LogP contribution in [0.5, 0.6) is 0 Å². The molecule has 0 radical (unpaired) electrons. The van der Waals surface area contributed by atoms with Crippen molar-refractivity contribution in [2.75, 3.05) is 5.32 Å². The van der Waals surface area contributed by atoms with Crippen molar-refractivity contribution in [2.24, 2.45) is 0 Å². The number of thiazole rings is 1. The second kappa shape index (κ2) is 6.80. The van der Waals surface area contributed by atoms with Gasteiger partial charge in [-0.05, 0) is 18.6 Å². The van der Waals surface area contributed by atoms with Crippen molar-refractivity contribution in [3.63, 3.8) is 0 Å². The molecule has 22 heavy (non-hydrogen) atoms. The van der Waals surface area contributed by atoms with Gasteiger partial charge >= 0.3 is 0 Å². The van der Waals surface area contributed by atoms with Gasteiger partial charge in [-0.25, -0.2) is 4.98 Å². The molecule has 3 rings (SSSR count). The largest absolute Gasteiger partial charge is 0.462 e. The van der Waals surface area contributed by atoms with E-state index < -0.39 is 0 Å². The maximum absolute atomic E-state index is 12.2. The molecule has 3 aromatic heterocycles. The highest BCUT2D eigenvalue weighted by atomic mass is 32.1. The fourth-order valence-corrected chi connectivity index (χ4v) is 3.33. The normalized spacial score (nSPS) is 10.8. The molecule has 3 heterocycles. The first kappa shape index (κ1) is 14.9. The highest BCUT2D eigenvalue weighted by Crippen LogP contribution is 2.24. The van der Waals surface area contributed by atoms with Gasteiger partial charge in [0.2, 0.25) is 5.13 Å². The van der Waals surface area contributed by atoms with E-state index in [1.54, 1.807) is 17.7 Å². The third-order valence-electron chi connectivity index (χ3n) is 2.90. The average molecular weight is 334 g/mol. The van der Waals surface area contributed by atoms with Crippen LogP contribution in [0, 0.1) is 0 Å². The summed E-state index contributed by atoms with van der Waals surface area (Å²) in [4.78, 5) is 16.4. The number of nitrogens with one attached hydrogen (secondary N) is 1. The molecule has 0 unspecified atom stereocenters. The van der Waals surface area contributed by atoms with Gasteiger partial charge in [-0.15, -0.1) is 21.5 Å². The Morgan fingerprint density at radius 2 is 2.32 bits per heavy atom. The van der Waals surface area contributed by atoms with Gasteiger partial charge in [0.1, 0.15) is 10.7 Å². The average Bonchev–Trinajstić information content (AvgIpc) is 3.25. The predicted molar refractivity (Wildman–Crippen MR) is 86.3 cm³/mol. The summed E-state index contributed by atoms with van der Waals surface area (Å²) in [6, 6.07) is 3.60. The first-order valence-corrected chi connectivity index (χ1v) is 8.59. The molecule has 0 aliphatic heterocycles. The minimum absolute atomic E-state index is 0.285.